The van der Waals surface area contributed by atoms with Gasteiger partial charge in [0, 0.05) is 18.8 Å². The van der Waals surface area contributed by atoms with Crippen molar-refractivity contribution in [3.05, 3.63) is 18.0 Å². The summed E-state index contributed by atoms with van der Waals surface area (Å²) in [6.45, 7) is 0.0301. The van der Waals surface area contributed by atoms with E-state index in [0.29, 0.717) is 19.4 Å². The van der Waals surface area contributed by atoms with Crippen molar-refractivity contribution in [2.24, 2.45) is 0 Å². The van der Waals surface area contributed by atoms with E-state index < -0.39 is 33.8 Å². The van der Waals surface area contributed by atoms with Crippen molar-refractivity contribution in [1.82, 2.24) is 19.4 Å². The number of carbonyl (C=O) groups is 1. The van der Waals surface area contributed by atoms with E-state index in [2.05, 4.69) is 9.82 Å². The van der Waals surface area contributed by atoms with Crippen LogP contribution in [0.15, 0.2) is 12.3 Å². The summed E-state index contributed by atoms with van der Waals surface area (Å²) >= 11 is 0. The van der Waals surface area contributed by atoms with E-state index in [-0.39, 0.29) is 12.3 Å². The highest BCUT2D eigenvalue weighted by atomic mass is 32.2. The van der Waals surface area contributed by atoms with E-state index in [4.69, 9.17) is 0 Å². The standard InChI is InChI=1S/C12H17F3N4O3S/c1-16-23(21,22)8-9-3-2-5-19(9)11(20)7-18-6-4-10(17-18)12(13,14)15/h4,6,9,16H,2-3,5,7-8H2,1H3. The number of hydrogen-bond donors (Lipinski definition) is 1. The van der Waals surface area contributed by atoms with E-state index in [0.717, 1.165) is 16.9 Å². The number of carbonyl (C=O) groups excluding carboxylic acids is 1. The largest absolute Gasteiger partial charge is 0.435 e. The minimum Gasteiger partial charge on any atom is -0.337 e. The molecule has 0 saturated carbocycles. The molecule has 1 N–H and O–H groups in total. The van der Waals surface area contributed by atoms with Crippen LogP contribution < -0.4 is 4.72 Å². The van der Waals surface area contributed by atoms with Crippen molar-refractivity contribution in [3.8, 4) is 0 Å². The number of likely N-dealkylation sites (tertiary alicyclic amines) is 1. The highest BCUT2D eigenvalue weighted by molar-refractivity contribution is 7.89. The summed E-state index contributed by atoms with van der Waals surface area (Å²) in [5, 5.41) is 3.32. The van der Waals surface area contributed by atoms with Crippen molar-refractivity contribution in [3.63, 3.8) is 0 Å². The monoisotopic (exact) mass is 354 g/mol. The maximum atomic E-state index is 12.5. The van der Waals surface area contributed by atoms with Crippen LogP contribution in [0.5, 0.6) is 0 Å². The van der Waals surface area contributed by atoms with Crippen LogP contribution in [0.3, 0.4) is 0 Å². The van der Waals surface area contributed by atoms with Gasteiger partial charge in [-0.2, -0.15) is 18.3 Å². The molecule has 0 bridgehead atoms. The second-order valence-corrected chi connectivity index (χ2v) is 7.24. The Balaban J connectivity index is 2.03. The van der Waals surface area contributed by atoms with E-state index in [1.165, 1.54) is 11.9 Å². The number of nitrogens with one attached hydrogen (secondary N) is 1. The van der Waals surface area contributed by atoms with Crippen LogP contribution in [0, 0.1) is 0 Å². The molecule has 1 amide bonds. The summed E-state index contributed by atoms with van der Waals surface area (Å²) in [6, 6.07) is 0.317. The van der Waals surface area contributed by atoms with Gasteiger partial charge in [-0.15, -0.1) is 0 Å². The Morgan fingerprint density at radius 2 is 2.17 bits per heavy atom. The smallest absolute Gasteiger partial charge is 0.337 e. The average molecular weight is 354 g/mol. The van der Waals surface area contributed by atoms with Crippen LogP contribution in [0.1, 0.15) is 18.5 Å². The first-order chi connectivity index (χ1) is 10.6. The van der Waals surface area contributed by atoms with Crippen molar-refractivity contribution < 1.29 is 26.4 Å². The molecular formula is C12H17F3N4O3S. The maximum Gasteiger partial charge on any atom is 0.435 e. The Labute approximate surface area is 131 Å². The first-order valence-electron chi connectivity index (χ1n) is 6.94. The molecule has 23 heavy (non-hydrogen) atoms. The van der Waals surface area contributed by atoms with Crippen LogP contribution in [0.2, 0.25) is 0 Å². The Kier molecular flexibility index (Phi) is 4.99. The molecule has 0 radical (unpaired) electrons. The fourth-order valence-corrected chi connectivity index (χ4v) is 3.52. The number of nitrogens with zero attached hydrogens (tertiary/aromatic N) is 3. The molecule has 1 fully saturated rings. The molecule has 2 heterocycles. The third-order valence-electron chi connectivity index (χ3n) is 3.65. The third kappa shape index (κ3) is 4.44. The van der Waals surface area contributed by atoms with Gasteiger partial charge < -0.3 is 4.90 Å². The fourth-order valence-electron chi connectivity index (χ4n) is 2.50. The molecule has 11 heteroatoms. The number of amides is 1. The Morgan fingerprint density at radius 3 is 2.74 bits per heavy atom. The summed E-state index contributed by atoms with van der Waals surface area (Å²) in [4.78, 5) is 13.6. The zero-order valence-corrected chi connectivity index (χ0v) is 13.2. The molecule has 1 unspecified atom stereocenters. The van der Waals surface area contributed by atoms with Crippen LogP contribution in [0.4, 0.5) is 13.2 Å². The van der Waals surface area contributed by atoms with Gasteiger partial charge in [-0.05, 0) is 26.0 Å². The van der Waals surface area contributed by atoms with E-state index in [1.54, 1.807) is 0 Å². The first-order valence-corrected chi connectivity index (χ1v) is 8.59. The predicted octanol–water partition coefficient (Wildman–Crippen LogP) is 0.442. The summed E-state index contributed by atoms with van der Waals surface area (Å²) in [5.41, 5.74) is -1.07. The minimum absolute atomic E-state index is 0.220. The SMILES string of the molecule is CNS(=O)(=O)CC1CCCN1C(=O)Cn1ccc(C(F)(F)F)n1. The fraction of sp³-hybridized carbons (Fsp3) is 0.667. The third-order valence-corrected chi connectivity index (χ3v) is 5.09. The summed E-state index contributed by atoms with van der Waals surface area (Å²) < 4.78 is 63.8. The van der Waals surface area contributed by atoms with Gasteiger partial charge in [0.25, 0.3) is 0 Å². The van der Waals surface area contributed by atoms with Gasteiger partial charge in [0.2, 0.25) is 15.9 Å². The number of sulfonamides is 1. The molecule has 0 aromatic carbocycles. The lowest BCUT2D eigenvalue weighted by Gasteiger charge is -2.24. The molecule has 7 nitrogen and oxygen atoms in total. The first kappa shape index (κ1) is 17.7. The van der Waals surface area contributed by atoms with Crippen LogP contribution in [-0.4, -0.2) is 54.4 Å². The van der Waals surface area contributed by atoms with Gasteiger partial charge in [0.1, 0.15) is 6.54 Å². The molecule has 2 rings (SSSR count). The molecule has 1 aliphatic rings. The second-order valence-electron chi connectivity index (χ2n) is 5.27. The predicted molar refractivity (Wildman–Crippen MR) is 74.8 cm³/mol. The van der Waals surface area contributed by atoms with Crippen molar-refractivity contribution in [2.75, 3.05) is 19.3 Å². The zero-order chi connectivity index (χ0) is 17.3. The summed E-state index contributed by atoms with van der Waals surface area (Å²) in [7, 11) is -2.18. The summed E-state index contributed by atoms with van der Waals surface area (Å²) in [5.74, 6) is -0.669. The Hall–Kier alpha value is -1.62. The van der Waals surface area contributed by atoms with Gasteiger partial charge in [0.05, 0.1) is 5.75 Å². The van der Waals surface area contributed by atoms with Crippen molar-refractivity contribution in [1.29, 1.82) is 0 Å². The van der Waals surface area contributed by atoms with Gasteiger partial charge >= 0.3 is 6.18 Å². The van der Waals surface area contributed by atoms with Crippen LogP contribution >= 0.6 is 0 Å². The lowest BCUT2D eigenvalue weighted by atomic mass is 10.2. The second kappa shape index (κ2) is 6.48. The summed E-state index contributed by atoms with van der Waals surface area (Å²) in [6.07, 6.45) is -2.29. The van der Waals surface area contributed by atoms with Gasteiger partial charge in [-0.25, -0.2) is 13.1 Å². The minimum atomic E-state index is -4.56. The molecule has 1 aromatic rings. The highest BCUT2D eigenvalue weighted by Gasteiger charge is 2.35. The Morgan fingerprint density at radius 1 is 1.48 bits per heavy atom. The number of rotatable bonds is 5. The number of aromatic nitrogens is 2. The van der Waals surface area contributed by atoms with Crippen molar-refractivity contribution >= 4 is 15.9 Å². The quantitative estimate of drug-likeness (QED) is 0.832. The maximum absolute atomic E-state index is 12.5. The van der Waals surface area contributed by atoms with Crippen molar-refractivity contribution in [2.45, 2.75) is 31.6 Å². The lowest BCUT2D eigenvalue weighted by Crippen LogP contribution is -2.43. The lowest BCUT2D eigenvalue weighted by molar-refractivity contribution is -0.142. The van der Waals surface area contributed by atoms with Crippen LogP contribution in [-0.2, 0) is 27.5 Å². The highest BCUT2D eigenvalue weighted by Crippen LogP contribution is 2.27. The van der Waals surface area contributed by atoms with Gasteiger partial charge in [0.15, 0.2) is 5.69 Å². The Bertz CT molecular complexity index is 671. The molecule has 1 atom stereocenters. The van der Waals surface area contributed by atoms with Gasteiger partial charge in [-0.3, -0.25) is 9.48 Å². The normalized spacial score (nSPS) is 19.3. The molecule has 130 valence electrons. The molecule has 0 spiro atoms. The molecule has 1 aliphatic heterocycles. The number of alkyl halides is 3. The van der Waals surface area contributed by atoms with E-state index in [1.807, 2.05) is 0 Å². The topological polar surface area (TPSA) is 84.3 Å². The van der Waals surface area contributed by atoms with E-state index >= 15 is 0 Å². The molecule has 0 aliphatic carbocycles. The molecule has 1 saturated heterocycles. The average Bonchev–Trinajstić information content (AvgIpc) is 3.06. The van der Waals surface area contributed by atoms with Crippen LogP contribution in [0.25, 0.3) is 0 Å². The molecule has 1 aromatic heterocycles. The zero-order valence-electron chi connectivity index (χ0n) is 12.4. The number of hydrogen-bond acceptors (Lipinski definition) is 4. The number of halogens is 3. The molecular weight excluding hydrogens is 337 g/mol. The van der Waals surface area contributed by atoms with Gasteiger partial charge in [-0.1, -0.05) is 0 Å². The van der Waals surface area contributed by atoms with E-state index in [9.17, 15) is 26.4 Å².